The third-order valence-electron chi connectivity index (χ3n) is 5.67. The number of halogens is 1. The first-order valence-electron chi connectivity index (χ1n) is 9.67. The molecule has 0 N–H and O–H groups in total. The normalized spacial score (nSPS) is 22.0. The lowest BCUT2D eigenvalue weighted by atomic mass is 9.83. The van der Waals surface area contributed by atoms with Gasteiger partial charge in [-0.25, -0.2) is 12.7 Å². The van der Waals surface area contributed by atoms with Crippen molar-refractivity contribution in [3.8, 4) is 0 Å². The van der Waals surface area contributed by atoms with Gasteiger partial charge in [-0.15, -0.1) is 0 Å². The molecule has 27 heavy (non-hydrogen) atoms. The highest BCUT2D eigenvalue weighted by Gasteiger charge is 2.36. The van der Waals surface area contributed by atoms with Crippen molar-refractivity contribution in [1.82, 2.24) is 9.21 Å². The highest BCUT2D eigenvalue weighted by molar-refractivity contribution is 9.10. The molecule has 2 saturated heterocycles. The third-order valence-corrected chi connectivity index (χ3v) is 8.05. The Kier molecular flexibility index (Phi) is 6.33. The van der Waals surface area contributed by atoms with Crippen molar-refractivity contribution in [1.29, 1.82) is 0 Å². The molecule has 0 saturated carbocycles. The Morgan fingerprint density at radius 1 is 1.15 bits per heavy atom. The predicted molar refractivity (Wildman–Crippen MR) is 111 cm³/mol. The van der Waals surface area contributed by atoms with Gasteiger partial charge in [-0.1, -0.05) is 41.9 Å². The summed E-state index contributed by atoms with van der Waals surface area (Å²) < 4.78 is 27.9. The number of amides is 1. The molecule has 0 atom stereocenters. The number of likely N-dealkylation sites (tertiary alicyclic amines) is 1. The lowest BCUT2D eigenvalue weighted by Gasteiger charge is -2.40. The number of sulfonamides is 1. The van der Waals surface area contributed by atoms with Gasteiger partial charge in [-0.3, -0.25) is 4.79 Å². The van der Waals surface area contributed by atoms with Crippen LogP contribution in [0.15, 0.2) is 28.7 Å². The van der Waals surface area contributed by atoms with Crippen LogP contribution < -0.4 is 0 Å². The van der Waals surface area contributed by atoms with Gasteiger partial charge in [0, 0.05) is 36.6 Å². The highest BCUT2D eigenvalue weighted by atomic mass is 79.9. The second kappa shape index (κ2) is 8.21. The monoisotopic (exact) mass is 456 g/mol. The number of hydrogen-bond donors (Lipinski definition) is 0. The van der Waals surface area contributed by atoms with E-state index in [1.807, 2.05) is 29.2 Å². The molecule has 0 unspecified atom stereocenters. The van der Waals surface area contributed by atoms with Crippen molar-refractivity contribution in [3.63, 3.8) is 0 Å². The summed E-state index contributed by atoms with van der Waals surface area (Å²) in [6.45, 7) is 6.95. The molecule has 1 amide bonds. The Morgan fingerprint density at radius 3 is 2.37 bits per heavy atom. The fraction of sp³-hybridized carbons (Fsp3) is 0.650. The number of carbonyl (C=O) groups is 1. The molecule has 0 bridgehead atoms. The average molecular weight is 457 g/mol. The number of nitrogens with zero attached hydrogens (tertiary/aromatic N) is 2. The predicted octanol–water partition coefficient (Wildman–Crippen LogP) is 3.64. The van der Waals surface area contributed by atoms with E-state index in [9.17, 15) is 13.2 Å². The maximum Gasteiger partial charge on any atom is 0.225 e. The minimum Gasteiger partial charge on any atom is -0.342 e. The van der Waals surface area contributed by atoms with Crippen molar-refractivity contribution in [3.05, 3.63) is 34.3 Å². The summed E-state index contributed by atoms with van der Waals surface area (Å²) in [5.74, 6) is 0.185. The lowest BCUT2D eigenvalue weighted by Crippen LogP contribution is -2.49. The molecule has 5 nitrogen and oxygen atoms in total. The zero-order valence-corrected chi connectivity index (χ0v) is 18.6. The molecule has 1 aromatic rings. The van der Waals surface area contributed by atoms with Crippen LogP contribution in [0.1, 0.15) is 45.1 Å². The van der Waals surface area contributed by atoms with E-state index in [-0.39, 0.29) is 23.0 Å². The molecule has 2 heterocycles. The summed E-state index contributed by atoms with van der Waals surface area (Å²) >= 11 is 3.37. The Morgan fingerprint density at radius 2 is 1.78 bits per heavy atom. The Labute approximate surface area is 171 Å². The molecule has 7 heteroatoms. The van der Waals surface area contributed by atoms with Gasteiger partial charge in [-0.05, 0) is 48.8 Å². The van der Waals surface area contributed by atoms with Crippen molar-refractivity contribution >= 4 is 31.9 Å². The topological polar surface area (TPSA) is 57.7 Å². The molecule has 2 fully saturated rings. The minimum absolute atomic E-state index is 0.0131. The second-order valence-corrected chi connectivity index (χ2v) is 11.5. The molecular weight excluding hydrogens is 428 g/mol. The number of benzene rings is 1. The summed E-state index contributed by atoms with van der Waals surface area (Å²) in [7, 11) is -3.35. The summed E-state index contributed by atoms with van der Waals surface area (Å²) in [6.07, 6.45) is 3.45. The maximum absolute atomic E-state index is 12.9. The molecule has 0 radical (unpaired) electrons. The second-order valence-electron chi connectivity index (χ2n) is 8.58. The summed E-state index contributed by atoms with van der Waals surface area (Å²) in [4.78, 5) is 14.9. The van der Waals surface area contributed by atoms with E-state index in [2.05, 4.69) is 29.8 Å². The van der Waals surface area contributed by atoms with E-state index in [1.165, 1.54) is 0 Å². The van der Waals surface area contributed by atoms with Gasteiger partial charge in [0.05, 0.1) is 5.75 Å². The van der Waals surface area contributed by atoms with Crippen LogP contribution in [0.5, 0.6) is 0 Å². The van der Waals surface area contributed by atoms with Gasteiger partial charge in [0.15, 0.2) is 0 Å². The number of rotatable bonds is 4. The first kappa shape index (κ1) is 20.8. The van der Waals surface area contributed by atoms with Gasteiger partial charge in [0.2, 0.25) is 15.9 Å². The minimum atomic E-state index is -3.35. The van der Waals surface area contributed by atoms with Crippen molar-refractivity contribution < 1.29 is 13.2 Å². The van der Waals surface area contributed by atoms with E-state index in [4.69, 9.17) is 0 Å². The zero-order chi connectivity index (χ0) is 19.7. The Hall–Kier alpha value is -0.920. The third kappa shape index (κ3) is 5.33. The molecule has 1 aromatic carbocycles. The van der Waals surface area contributed by atoms with Crippen LogP contribution in [0.4, 0.5) is 0 Å². The quantitative estimate of drug-likeness (QED) is 0.694. The lowest BCUT2D eigenvalue weighted by molar-refractivity contribution is -0.139. The van der Waals surface area contributed by atoms with Crippen molar-refractivity contribution in [2.24, 2.45) is 11.3 Å². The SMILES string of the molecule is CC1(C)CCCN(C(=O)C2CCN(S(=O)(=O)Cc3ccc(Br)cc3)CC2)C1. The van der Waals surface area contributed by atoms with Crippen LogP contribution in [0.3, 0.4) is 0 Å². The molecule has 0 aromatic heterocycles. The molecular formula is C20H29BrN2O3S. The van der Waals surface area contributed by atoms with E-state index in [0.717, 1.165) is 36.0 Å². The van der Waals surface area contributed by atoms with E-state index in [1.54, 1.807) is 4.31 Å². The zero-order valence-electron chi connectivity index (χ0n) is 16.2. The van der Waals surface area contributed by atoms with Crippen molar-refractivity contribution in [2.75, 3.05) is 26.2 Å². The van der Waals surface area contributed by atoms with Crippen LogP contribution >= 0.6 is 15.9 Å². The van der Waals surface area contributed by atoms with Crippen LogP contribution in [0.25, 0.3) is 0 Å². The molecule has 3 rings (SSSR count). The highest BCUT2D eigenvalue weighted by Crippen LogP contribution is 2.31. The Balaban J connectivity index is 1.56. The van der Waals surface area contributed by atoms with E-state index in [0.29, 0.717) is 25.9 Å². The summed E-state index contributed by atoms with van der Waals surface area (Å²) in [5.41, 5.74) is 0.967. The Bertz CT molecular complexity index is 769. The van der Waals surface area contributed by atoms with Crippen LogP contribution in [0.2, 0.25) is 0 Å². The first-order chi connectivity index (χ1) is 12.7. The van der Waals surface area contributed by atoms with Crippen molar-refractivity contribution in [2.45, 2.75) is 45.3 Å². The fourth-order valence-corrected chi connectivity index (χ4v) is 5.96. The molecule has 0 aliphatic carbocycles. The number of carbonyl (C=O) groups excluding carboxylic acids is 1. The van der Waals surface area contributed by atoms with E-state index < -0.39 is 10.0 Å². The van der Waals surface area contributed by atoms with Crippen LogP contribution in [-0.2, 0) is 20.6 Å². The van der Waals surface area contributed by atoms with Gasteiger partial charge in [0.1, 0.15) is 0 Å². The molecule has 0 spiro atoms. The average Bonchev–Trinajstić information content (AvgIpc) is 2.62. The van der Waals surface area contributed by atoms with Crippen LogP contribution in [0, 0.1) is 11.3 Å². The van der Waals surface area contributed by atoms with Gasteiger partial charge in [-0.2, -0.15) is 0 Å². The maximum atomic E-state index is 12.9. The first-order valence-corrected chi connectivity index (χ1v) is 12.1. The summed E-state index contributed by atoms with van der Waals surface area (Å²) in [6, 6.07) is 7.37. The number of piperidine rings is 2. The largest absolute Gasteiger partial charge is 0.342 e. The van der Waals surface area contributed by atoms with E-state index >= 15 is 0 Å². The smallest absolute Gasteiger partial charge is 0.225 e. The molecule has 2 aliphatic heterocycles. The summed E-state index contributed by atoms with van der Waals surface area (Å²) in [5, 5.41) is 0. The molecule has 2 aliphatic rings. The van der Waals surface area contributed by atoms with Gasteiger partial charge >= 0.3 is 0 Å². The molecule has 150 valence electrons. The van der Waals surface area contributed by atoms with Gasteiger partial charge in [0.25, 0.3) is 0 Å². The van der Waals surface area contributed by atoms with Gasteiger partial charge < -0.3 is 4.90 Å². The standard InChI is InChI=1S/C20H29BrN2O3S/c1-20(2)10-3-11-22(15-20)19(24)17-8-12-23(13-9-17)27(25,26)14-16-4-6-18(21)7-5-16/h4-7,17H,3,8-15H2,1-2H3. The number of hydrogen-bond acceptors (Lipinski definition) is 3. The van der Waals surface area contributed by atoms with Crippen LogP contribution in [-0.4, -0.2) is 49.7 Å². The fourth-order valence-electron chi connectivity index (χ4n) is 4.13.